The van der Waals surface area contributed by atoms with Crippen molar-refractivity contribution in [3.63, 3.8) is 0 Å². The van der Waals surface area contributed by atoms with Crippen LogP contribution in [-0.4, -0.2) is 52.5 Å². The van der Waals surface area contributed by atoms with Crippen LogP contribution in [0.15, 0.2) is 54.7 Å². The molecule has 10 nitrogen and oxygen atoms in total. The van der Waals surface area contributed by atoms with Crippen molar-refractivity contribution in [2.45, 2.75) is 44.4 Å². The molecule has 2 N–H and O–H groups in total. The van der Waals surface area contributed by atoms with Gasteiger partial charge in [-0.3, -0.25) is 4.57 Å². The molecule has 0 bridgehead atoms. The first kappa shape index (κ1) is 25.9. The van der Waals surface area contributed by atoms with E-state index in [2.05, 4.69) is 14.6 Å². The summed E-state index contributed by atoms with van der Waals surface area (Å²) in [5.74, 6) is 0.858. The number of quaternary nitrogens is 1. The molecule has 1 aromatic heterocycles. The SMILES string of the molecule is C[C@]1(COc2ccc(N3CCC(Oc4ccc(OC(F)(F)F)cc4)CC3)cc2)Cn2cc([NH+]([O-])O)nc2O1. The number of piperidine rings is 1. The second-order valence-corrected chi connectivity index (χ2v) is 9.50. The van der Waals surface area contributed by atoms with Gasteiger partial charge in [-0.05, 0) is 55.5 Å². The van der Waals surface area contributed by atoms with Gasteiger partial charge in [0, 0.05) is 31.6 Å². The highest BCUT2D eigenvalue weighted by atomic mass is 19.4. The van der Waals surface area contributed by atoms with Gasteiger partial charge in [0.05, 0.1) is 12.7 Å². The number of imidazole rings is 1. The van der Waals surface area contributed by atoms with Gasteiger partial charge in [0.1, 0.15) is 30.0 Å². The van der Waals surface area contributed by atoms with Crippen molar-refractivity contribution >= 4 is 11.5 Å². The van der Waals surface area contributed by atoms with Gasteiger partial charge in [-0.1, -0.05) is 0 Å². The summed E-state index contributed by atoms with van der Waals surface area (Å²) < 4.78 is 60.2. The number of halogens is 3. The van der Waals surface area contributed by atoms with Crippen molar-refractivity contribution in [1.29, 1.82) is 0 Å². The fraction of sp³-hybridized carbons (Fsp3) is 0.400. The van der Waals surface area contributed by atoms with Crippen molar-refractivity contribution < 1.29 is 42.6 Å². The van der Waals surface area contributed by atoms with Crippen LogP contribution in [0.2, 0.25) is 0 Å². The van der Waals surface area contributed by atoms with E-state index in [0.29, 0.717) is 18.0 Å². The Morgan fingerprint density at radius 3 is 2.32 bits per heavy atom. The lowest BCUT2D eigenvalue weighted by Gasteiger charge is -2.33. The lowest BCUT2D eigenvalue weighted by atomic mass is 10.1. The van der Waals surface area contributed by atoms with Gasteiger partial charge in [-0.2, -0.15) is 5.23 Å². The van der Waals surface area contributed by atoms with E-state index in [1.807, 2.05) is 31.2 Å². The van der Waals surface area contributed by atoms with E-state index < -0.39 is 17.2 Å². The molecule has 3 aromatic rings. The van der Waals surface area contributed by atoms with Crippen molar-refractivity contribution in [3.05, 3.63) is 59.9 Å². The van der Waals surface area contributed by atoms with E-state index >= 15 is 0 Å². The van der Waals surface area contributed by atoms with Gasteiger partial charge in [-0.15, -0.1) is 18.2 Å². The third-order valence-electron chi connectivity index (χ3n) is 6.35. The number of nitrogens with one attached hydrogen (secondary N) is 1. The highest BCUT2D eigenvalue weighted by molar-refractivity contribution is 5.49. The van der Waals surface area contributed by atoms with E-state index in [4.69, 9.17) is 19.4 Å². The van der Waals surface area contributed by atoms with Crippen molar-refractivity contribution in [2.75, 3.05) is 24.6 Å². The summed E-state index contributed by atoms with van der Waals surface area (Å²) in [6.45, 7) is 4.13. The minimum absolute atomic E-state index is 0.0309. The Hall–Kier alpha value is -3.68. The Labute approximate surface area is 216 Å². The first-order valence-electron chi connectivity index (χ1n) is 12.1. The maximum absolute atomic E-state index is 12.3. The fourth-order valence-corrected chi connectivity index (χ4v) is 4.52. The summed E-state index contributed by atoms with van der Waals surface area (Å²) in [4.78, 5) is 6.22. The van der Waals surface area contributed by atoms with Crippen LogP contribution < -0.4 is 29.1 Å². The first-order chi connectivity index (χ1) is 18.1. The van der Waals surface area contributed by atoms with Crippen LogP contribution in [0.5, 0.6) is 23.3 Å². The topological polar surface area (TPSA) is 106 Å². The summed E-state index contributed by atoms with van der Waals surface area (Å²) >= 11 is 0. The van der Waals surface area contributed by atoms with Crippen LogP contribution >= 0.6 is 0 Å². The molecule has 0 spiro atoms. The van der Waals surface area contributed by atoms with E-state index in [1.165, 1.54) is 30.5 Å². The summed E-state index contributed by atoms with van der Waals surface area (Å²) in [6.07, 6.45) is -1.75. The minimum Gasteiger partial charge on any atom is -0.594 e. The number of aromatic nitrogens is 2. The fourth-order valence-electron chi connectivity index (χ4n) is 4.52. The number of hydrogen-bond acceptors (Lipinski definition) is 8. The molecular formula is C25H27F3N4O6. The number of rotatable bonds is 8. The monoisotopic (exact) mass is 536 g/mol. The van der Waals surface area contributed by atoms with Crippen molar-refractivity contribution in [3.8, 4) is 23.3 Å². The maximum atomic E-state index is 12.3. The number of hydrogen-bond donors (Lipinski definition) is 2. The number of ether oxygens (including phenoxy) is 4. The summed E-state index contributed by atoms with van der Waals surface area (Å²) in [5, 5.41) is 19.0. The smallest absolute Gasteiger partial charge is 0.573 e. The Kier molecular flexibility index (Phi) is 6.99. The summed E-state index contributed by atoms with van der Waals surface area (Å²) in [7, 11) is 0. The normalized spacial score (nSPS) is 20.5. The molecule has 1 fully saturated rings. The predicted molar refractivity (Wildman–Crippen MR) is 128 cm³/mol. The average Bonchev–Trinajstić information content (AvgIpc) is 3.40. The molecule has 5 rings (SSSR count). The third kappa shape index (κ3) is 6.23. The highest BCUT2D eigenvalue weighted by Gasteiger charge is 2.38. The lowest BCUT2D eigenvalue weighted by molar-refractivity contribution is -0.993. The van der Waals surface area contributed by atoms with Gasteiger partial charge < -0.3 is 29.1 Å². The van der Waals surface area contributed by atoms with E-state index in [1.54, 1.807) is 4.57 Å². The van der Waals surface area contributed by atoms with Crippen LogP contribution in [0.4, 0.5) is 24.7 Å². The standard InChI is InChI=1S/C25H27F3N4O6/c1-24(15-31-14-22(32(33)34)29-23(31)38-24)16-35-18-4-2-17(3-5-18)30-12-10-20(11-13-30)36-19-6-8-21(9-7-19)37-25(26,27)28/h2-9,14,20,32-33H,10-13,15-16H2,1H3/t24-/m1/s1. The van der Waals surface area contributed by atoms with Crippen LogP contribution in [0.3, 0.4) is 0 Å². The molecule has 0 saturated carbocycles. The third-order valence-corrected chi connectivity index (χ3v) is 6.35. The van der Waals surface area contributed by atoms with E-state index in [9.17, 15) is 18.4 Å². The Morgan fingerprint density at radius 1 is 1.08 bits per heavy atom. The van der Waals surface area contributed by atoms with Crippen LogP contribution in [0, 0.1) is 5.21 Å². The maximum Gasteiger partial charge on any atom is 0.573 e. The number of alkyl halides is 3. The van der Waals surface area contributed by atoms with E-state index in [-0.39, 0.29) is 30.3 Å². The van der Waals surface area contributed by atoms with Crippen LogP contribution in [-0.2, 0) is 6.54 Å². The van der Waals surface area contributed by atoms with Gasteiger partial charge in [0.2, 0.25) is 0 Å². The molecule has 3 heterocycles. The second kappa shape index (κ2) is 10.2. The Balaban J connectivity index is 1.07. The molecule has 0 aliphatic carbocycles. The molecule has 204 valence electrons. The second-order valence-electron chi connectivity index (χ2n) is 9.50. The average molecular weight is 537 g/mol. The first-order valence-corrected chi connectivity index (χ1v) is 12.1. The molecule has 38 heavy (non-hydrogen) atoms. The summed E-state index contributed by atoms with van der Waals surface area (Å²) in [5.41, 5.74) is 0.389. The number of anilines is 1. The molecule has 0 radical (unpaired) electrons. The van der Waals surface area contributed by atoms with Crippen LogP contribution in [0.1, 0.15) is 19.8 Å². The molecule has 1 unspecified atom stereocenters. The molecule has 2 aromatic carbocycles. The lowest BCUT2D eigenvalue weighted by Crippen LogP contribution is -2.99. The minimum atomic E-state index is -4.72. The highest BCUT2D eigenvalue weighted by Crippen LogP contribution is 2.31. The zero-order chi connectivity index (χ0) is 26.9. The van der Waals surface area contributed by atoms with Crippen LogP contribution in [0.25, 0.3) is 0 Å². The van der Waals surface area contributed by atoms with Crippen molar-refractivity contribution in [2.24, 2.45) is 0 Å². The molecule has 2 aliphatic heterocycles. The Morgan fingerprint density at radius 2 is 1.71 bits per heavy atom. The molecule has 13 heteroatoms. The predicted octanol–water partition coefficient (Wildman–Crippen LogP) is 3.46. The Bertz CT molecular complexity index is 1200. The molecule has 1 saturated heterocycles. The number of nitrogens with zero attached hydrogens (tertiary/aromatic N) is 3. The zero-order valence-electron chi connectivity index (χ0n) is 20.5. The number of benzene rings is 2. The summed E-state index contributed by atoms with van der Waals surface area (Å²) in [6, 6.07) is 13.5. The van der Waals surface area contributed by atoms with Gasteiger partial charge >= 0.3 is 12.4 Å². The van der Waals surface area contributed by atoms with Crippen molar-refractivity contribution in [1.82, 2.24) is 9.55 Å². The molecule has 2 atom stereocenters. The zero-order valence-corrected chi connectivity index (χ0v) is 20.5. The molecule has 0 amide bonds. The molecule has 2 aliphatic rings. The quantitative estimate of drug-likeness (QED) is 0.422. The number of fused-ring (bicyclic) bond motifs is 1. The van der Waals surface area contributed by atoms with Gasteiger partial charge in [0.25, 0.3) is 5.82 Å². The molecular weight excluding hydrogens is 509 g/mol. The largest absolute Gasteiger partial charge is 0.594 e. The van der Waals surface area contributed by atoms with Gasteiger partial charge in [-0.25, -0.2) is 5.21 Å². The van der Waals surface area contributed by atoms with Gasteiger partial charge in [0.15, 0.2) is 5.60 Å². The van der Waals surface area contributed by atoms with E-state index in [0.717, 1.165) is 31.6 Å².